The van der Waals surface area contributed by atoms with Crippen LogP contribution in [0, 0.1) is 5.92 Å². The summed E-state index contributed by atoms with van der Waals surface area (Å²) >= 11 is 3.15. The first kappa shape index (κ1) is 17.9. The molecule has 132 valence electrons. The summed E-state index contributed by atoms with van der Waals surface area (Å²) in [6.07, 6.45) is 3.26. The standard InChI is InChI=1S/C18H21N3O2S2/c1-12(2)9-19-18(23)14-10-24-11-21(14)17(22)8-7-16-20-13-5-3-4-6-15(13)25-16/h3-8,12,14H,9-11H2,1-2H3,(H,19,23)/b8-7+. The Hall–Kier alpha value is -1.86. The first-order valence-electron chi connectivity index (χ1n) is 8.24. The molecule has 2 amide bonds. The minimum absolute atomic E-state index is 0.0690. The molecule has 0 aliphatic carbocycles. The van der Waals surface area contributed by atoms with Crippen molar-refractivity contribution in [2.75, 3.05) is 18.2 Å². The first-order chi connectivity index (χ1) is 12.0. The van der Waals surface area contributed by atoms with E-state index in [4.69, 9.17) is 0 Å². The lowest BCUT2D eigenvalue weighted by Gasteiger charge is -2.22. The van der Waals surface area contributed by atoms with E-state index in [1.165, 1.54) is 6.08 Å². The lowest BCUT2D eigenvalue weighted by atomic mass is 10.2. The number of carbonyl (C=O) groups excluding carboxylic acids is 2. The number of thioether (sulfide) groups is 1. The maximum Gasteiger partial charge on any atom is 0.248 e. The first-order valence-corrected chi connectivity index (χ1v) is 10.2. The molecule has 2 heterocycles. The molecule has 1 aromatic heterocycles. The van der Waals surface area contributed by atoms with E-state index >= 15 is 0 Å². The van der Waals surface area contributed by atoms with E-state index in [-0.39, 0.29) is 11.8 Å². The smallest absolute Gasteiger partial charge is 0.248 e. The van der Waals surface area contributed by atoms with Gasteiger partial charge in [0.15, 0.2) is 0 Å². The monoisotopic (exact) mass is 375 g/mol. The molecule has 7 heteroatoms. The van der Waals surface area contributed by atoms with Gasteiger partial charge in [0.2, 0.25) is 11.8 Å². The Kier molecular flexibility index (Phi) is 5.75. The lowest BCUT2D eigenvalue weighted by molar-refractivity contribution is -0.134. The predicted molar refractivity (Wildman–Crippen MR) is 104 cm³/mol. The van der Waals surface area contributed by atoms with Crippen LogP contribution in [-0.4, -0.2) is 45.9 Å². The van der Waals surface area contributed by atoms with Crippen LogP contribution in [0.4, 0.5) is 0 Å². The van der Waals surface area contributed by atoms with Gasteiger partial charge in [0.25, 0.3) is 0 Å². The Morgan fingerprint density at radius 3 is 2.96 bits per heavy atom. The van der Waals surface area contributed by atoms with Crippen molar-refractivity contribution < 1.29 is 9.59 Å². The number of thiazole rings is 1. The SMILES string of the molecule is CC(C)CNC(=O)C1CSCN1C(=O)/C=C/c1nc2ccccc2s1. The molecule has 1 fully saturated rings. The molecule has 1 atom stereocenters. The molecule has 2 aromatic rings. The minimum atomic E-state index is -0.392. The number of hydrogen-bond acceptors (Lipinski definition) is 5. The molecule has 1 aliphatic heterocycles. The molecule has 1 saturated heterocycles. The summed E-state index contributed by atoms with van der Waals surface area (Å²) in [7, 11) is 0. The lowest BCUT2D eigenvalue weighted by Crippen LogP contribution is -2.47. The molecule has 1 N–H and O–H groups in total. The Labute approximate surface area is 155 Å². The van der Waals surface area contributed by atoms with Crippen molar-refractivity contribution in [1.82, 2.24) is 15.2 Å². The van der Waals surface area contributed by atoms with Crippen molar-refractivity contribution >= 4 is 51.2 Å². The minimum Gasteiger partial charge on any atom is -0.354 e. The van der Waals surface area contributed by atoms with Gasteiger partial charge < -0.3 is 10.2 Å². The van der Waals surface area contributed by atoms with Crippen LogP contribution in [0.3, 0.4) is 0 Å². The second-order valence-corrected chi connectivity index (χ2v) is 8.38. The topological polar surface area (TPSA) is 62.3 Å². The highest BCUT2D eigenvalue weighted by Gasteiger charge is 2.33. The quantitative estimate of drug-likeness (QED) is 0.816. The number of nitrogens with one attached hydrogen (secondary N) is 1. The molecule has 0 spiro atoms. The van der Waals surface area contributed by atoms with Crippen LogP contribution < -0.4 is 5.32 Å². The number of benzene rings is 1. The van der Waals surface area contributed by atoms with Gasteiger partial charge >= 0.3 is 0 Å². The van der Waals surface area contributed by atoms with E-state index in [1.807, 2.05) is 38.1 Å². The van der Waals surface area contributed by atoms with Gasteiger partial charge in [0, 0.05) is 18.4 Å². The summed E-state index contributed by atoms with van der Waals surface area (Å²) in [6, 6.07) is 7.50. The highest BCUT2D eigenvalue weighted by atomic mass is 32.2. The molecule has 1 aromatic carbocycles. The second-order valence-electron chi connectivity index (χ2n) is 6.32. The van der Waals surface area contributed by atoms with Crippen molar-refractivity contribution in [1.29, 1.82) is 0 Å². The molecule has 0 saturated carbocycles. The molecule has 3 rings (SSSR count). The summed E-state index contributed by atoms with van der Waals surface area (Å²) in [5, 5.41) is 3.71. The molecule has 1 aliphatic rings. The van der Waals surface area contributed by atoms with E-state index in [0.29, 0.717) is 24.1 Å². The maximum atomic E-state index is 12.5. The number of rotatable bonds is 5. The van der Waals surface area contributed by atoms with Gasteiger partial charge in [-0.2, -0.15) is 0 Å². The molecule has 5 nitrogen and oxygen atoms in total. The van der Waals surface area contributed by atoms with E-state index in [0.717, 1.165) is 15.2 Å². The fraction of sp³-hybridized carbons (Fsp3) is 0.389. The number of para-hydroxylation sites is 1. The van der Waals surface area contributed by atoms with Crippen molar-refractivity contribution in [3.05, 3.63) is 35.3 Å². The van der Waals surface area contributed by atoms with E-state index in [1.54, 1.807) is 34.1 Å². The number of amides is 2. The summed E-state index contributed by atoms with van der Waals surface area (Å²) in [4.78, 5) is 30.9. The Bertz CT molecular complexity index is 767. The van der Waals surface area contributed by atoms with Crippen molar-refractivity contribution in [2.45, 2.75) is 19.9 Å². The number of carbonyl (C=O) groups is 2. The zero-order valence-electron chi connectivity index (χ0n) is 14.3. The highest BCUT2D eigenvalue weighted by Crippen LogP contribution is 2.24. The highest BCUT2D eigenvalue weighted by molar-refractivity contribution is 7.99. The summed E-state index contributed by atoms with van der Waals surface area (Å²) < 4.78 is 1.09. The Morgan fingerprint density at radius 1 is 1.40 bits per heavy atom. The second kappa shape index (κ2) is 8.01. The van der Waals surface area contributed by atoms with Gasteiger partial charge in [-0.25, -0.2) is 4.98 Å². The normalized spacial score (nSPS) is 17.7. The van der Waals surface area contributed by atoms with Crippen LogP contribution in [-0.2, 0) is 9.59 Å². The van der Waals surface area contributed by atoms with Crippen LogP contribution in [0.5, 0.6) is 0 Å². The number of nitrogens with zero attached hydrogens (tertiary/aromatic N) is 2. The maximum absolute atomic E-state index is 12.5. The van der Waals surface area contributed by atoms with Gasteiger partial charge in [-0.05, 0) is 24.1 Å². The third-order valence-electron chi connectivity index (χ3n) is 3.83. The van der Waals surface area contributed by atoms with Crippen LogP contribution >= 0.6 is 23.1 Å². The Balaban J connectivity index is 1.65. The van der Waals surface area contributed by atoms with Gasteiger partial charge in [0.05, 0.1) is 16.1 Å². The molecule has 1 unspecified atom stereocenters. The largest absolute Gasteiger partial charge is 0.354 e. The van der Waals surface area contributed by atoms with Crippen molar-refractivity contribution in [3.8, 4) is 0 Å². The summed E-state index contributed by atoms with van der Waals surface area (Å²) in [6.45, 7) is 4.73. The summed E-state index contributed by atoms with van der Waals surface area (Å²) in [5.41, 5.74) is 0.933. The van der Waals surface area contributed by atoms with Crippen LogP contribution in [0.15, 0.2) is 30.3 Å². The Morgan fingerprint density at radius 2 is 2.20 bits per heavy atom. The van der Waals surface area contributed by atoms with Crippen LogP contribution in [0.25, 0.3) is 16.3 Å². The van der Waals surface area contributed by atoms with Crippen LogP contribution in [0.1, 0.15) is 18.9 Å². The van der Waals surface area contributed by atoms with Gasteiger partial charge in [-0.3, -0.25) is 9.59 Å². The third kappa shape index (κ3) is 4.41. The molecule has 0 bridgehead atoms. The summed E-state index contributed by atoms with van der Waals surface area (Å²) in [5.74, 6) is 1.36. The van der Waals surface area contributed by atoms with Crippen molar-refractivity contribution in [3.63, 3.8) is 0 Å². The van der Waals surface area contributed by atoms with E-state index in [2.05, 4.69) is 10.3 Å². The van der Waals surface area contributed by atoms with Crippen molar-refractivity contribution in [2.24, 2.45) is 5.92 Å². The van der Waals surface area contributed by atoms with Crippen LogP contribution in [0.2, 0.25) is 0 Å². The molecular formula is C18H21N3O2S2. The fourth-order valence-corrected chi connectivity index (χ4v) is 4.53. The molecular weight excluding hydrogens is 354 g/mol. The number of fused-ring (bicyclic) bond motifs is 1. The molecule has 0 radical (unpaired) electrons. The van der Waals surface area contributed by atoms with Gasteiger partial charge in [0.1, 0.15) is 11.0 Å². The van der Waals surface area contributed by atoms with E-state index in [9.17, 15) is 9.59 Å². The molecule has 25 heavy (non-hydrogen) atoms. The fourth-order valence-electron chi connectivity index (χ4n) is 2.50. The number of aromatic nitrogens is 1. The number of hydrogen-bond donors (Lipinski definition) is 1. The average Bonchev–Trinajstić information content (AvgIpc) is 3.23. The zero-order chi connectivity index (χ0) is 17.8. The predicted octanol–water partition coefficient (Wildman–Crippen LogP) is 2.98. The van der Waals surface area contributed by atoms with Gasteiger partial charge in [-0.1, -0.05) is 26.0 Å². The average molecular weight is 376 g/mol. The van der Waals surface area contributed by atoms with E-state index < -0.39 is 6.04 Å². The van der Waals surface area contributed by atoms with Gasteiger partial charge in [-0.15, -0.1) is 23.1 Å². The third-order valence-corrected chi connectivity index (χ3v) is 5.85. The zero-order valence-corrected chi connectivity index (χ0v) is 15.9.